The van der Waals surface area contributed by atoms with Gasteiger partial charge in [-0.3, -0.25) is 14.6 Å². The van der Waals surface area contributed by atoms with Gasteiger partial charge in [0.05, 0.1) is 13.5 Å². The van der Waals surface area contributed by atoms with Crippen molar-refractivity contribution in [2.75, 3.05) is 26.9 Å². The highest BCUT2D eigenvalue weighted by Gasteiger charge is 2.31. The van der Waals surface area contributed by atoms with Crippen molar-refractivity contribution in [3.8, 4) is 16.9 Å². The van der Waals surface area contributed by atoms with Gasteiger partial charge in [0.15, 0.2) is 5.96 Å². The normalized spacial score (nSPS) is 13.0. The molecular weight excluding hydrogens is 572 g/mol. The number of guanidine groups is 1. The molecule has 10 nitrogen and oxygen atoms in total. The lowest BCUT2D eigenvalue weighted by Gasteiger charge is -2.22. The predicted molar refractivity (Wildman–Crippen MR) is 172 cm³/mol. The molecule has 0 radical (unpaired) electrons. The summed E-state index contributed by atoms with van der Waals surface area (Å²) in [5.41, 5.74) is 16.1. The minimum Gasteiger partial charge on any atom is -0.490 e. The number of hydrogen-bond acceptors (Lipinski definition) is 7. The fraction of sp³-hybridized carbons (Fsp3) is 0.314. The van der Waals surface area contributed by atoms with Crippen molar-refractivity contribution in [1.29, 1.82) is 0 Å². The summed E-state index contributed by atoms with van der Waals surface area (Å²) in [6.45, 7) is 4.44. The van der Waals surface area contributed by atoms with Crippen LogP contribution in [0.4, 0.5) is 0 Å². The quantitative estimate of drug-likeness (QED) is 0.0724. The summed E-state index contributed by atoms with van der Waals surface area (Å²) in [6, 6.07) is 22.3. The van der Waals surface area contributed by atoms with Crippen LogP contribution in [0.5, 0.6) is 5.75 Å². The van der Waals surface area contributed by atoms with Crippen LogP contribution in [0.25, 0.3) is 11.1 Å². The van der Waals surface area contributed by atoms with Gasteiger partial charge in [0, 0.05) is 24.8 Å². The number of amides is 1. The van der Waals surface area contributed by atoms with Crippen LogP contribution >= 0.6 is 0 Å². The minimum atomic E-state index is -0.967. The summed E-state index contributed by atoms with van der Waals surface area (Å²) >= 11 is 0. The molecule has 10 heteroatoms. The van der Waals surface area contributed by atoms with Gasteiger partial charge < -0.3 is 31.0 Å². The number of carbonyl (C=O) groups excluding carboxylic acids is 3. The molecule has 45 heavy (non-hydrogen) atoms. The molecule has 3 aromatic rings. The average molecular weight is 613 g/mol. The van der Waals surface area contributed by atoms with Gasteiger partial charge in [0.2, 0.25) is 5.91 Å². The van der Waals surface area contributed by atoms with Gasteiger partial charge in [-0.2, -0.15) is 0 Å². The number of esters is 2. The molecule has 0 spiro atoms. The SMILES string of the molecule is C=CCOc1ccc(C[C@H](NC(=O)[C@@H](CCCN=C(N)N)CC(=O)OCC2c3ccccc3-c3ccccc32)C(=O)OC)cc1. The first kappa shape index (κ1) is 32.8. The molecule has 2 atom stereocenters. The van der Waals surface area contributed by atoms with Crippen molar-refractivity contribution in [2.24, 2.45) is 22.4 Å². The van der Waals surface area contributed by atoms with Crippen molar-refractivity contribution < 1.29 is 28.6 Å². The van der Waals surface area contributed by atoms with E-state index in [1.54, 1.807) is 18.2 Å². The van der Waals surface area contributed by atoms with E-state index in [2.05, 4.69) is 29.0 Å². The zero-order valence-electron chi connectivity index (χ0n) is 25.4. The second kappa shape index (κ2) is 16.1. The van der Waals surface area contributed by atoms with Crippen LogP contribution in [0.2, 0.25) is 0 Å². The lowest BCUT2D eigenvalue weighted by atomic mass is 9.96. The molecule has 236 valence electrons. The number of ether oxygens (including phenoxy) is 3. The van der Waals surface area contributed by atoms with E-state index in [-0.39, 0.29) is 37.9 Å². The van der Waals surface area contributed by atoms with Crippen LogP contribution in [-0.4, -0.2) is 56.7 Å². The summed E-state index contributed by atoms with van der Waals surface area (Å²) in [5, 5.41) is 2.79. The summed E-state index contributed by atoms with van der Waals surface area (Å²) in [4.78, 5) is 43.4. The van der Waals surface area contributed by atoms with Crippen molar-refractivity contribution in [3.05, 3.63) is 102 Å². The number of fused-ring (bicyclic) bond motifs is 3. The molecule has 0 bridgehead atoms. The smallest absolute Gasteiger partial charge is 0.328 e. The van der Waals surface area contributed by atoms with Gasteiger partial charge in [0.1, 0.15) is 25.0 Å². The number of nitrogens with two attached hydrogens (primary N) is 2. The molecule has 0 saturated carbocycles. The zero-order valence-corrected chi connectivity index (χ0v) is 25.4. The third-order valence-corrected chi connectivity index (χ3v) is 7.70. The number of nitrogens with one attached hydrogen (secondary N) is 1. The molecule has 3 aromatic carbocycles. The highest BCUT2D eigenvalue weighted by atomic mass is 16.5. The Morgan fingerprint density at radius 2 is 1.62 bits per heavy atom. The monoisotopic (exact) mass is 612 g/mol. The van der Waals surface area contributed by atoms with E-state index < -0.39 is 29.8 Å². The second-order valence-corrected chi connectivity index (χ2v) is 10.8. The Hall–Kier alpha value is -5.12. The molecule has 1 aliphatic carbocycles. The van der Waals surface area contributed by atoms with E-state index in [4.69, 9.17) is 25.7 Å². The average Bonchev–Trinajstić information content (AvgIpc) is 3.37. The van der Waals surface area contributed by atoms with E-state index in [0.717, 1.165) is 27.8 Å². The first-order valence-electron chi connectivity index (χ1n) is 14.9. The maximum atomic E-state index is 13.5. The third kappa shape index (κ3) is 8.95. The Bertz CT molecular complexity index is 1470. The molecule has 0 aliphatic heterocycles. The molecule has 0 saturated heterocycles. The maximum Gasteiger partial charge on any atom is 0.328 e. The summed E-state index contributed by atoms with van der Waals surface area (Å²) in [7, 11) is 1.26. The minimum absolute atomic E-state index is 0.0563. The highest BCUT2D eigenvalue weighted by molar-refractivity contribution is 5.88. The Morgan fingerprint density at radius 1 is 0.978 bits per heavy atom. The van der Waals surface area contributed by atoms with Gasteiger partial charge in [-0.1, -0.05) is 73.3 Å². The van der Waals surface area contributed by atoms with Gasteiger partial charge in [0.25, 0.3) is 0 Å². The van der Waals surface area contributed by atoms with Crippen molar-refractivity contribution in [3.63, 3.8) is 0 Å². The van der Waals surface area contributed by atoms with Gasteiger partial charge >= 0.3 is 11.9 Å². The van der Waals surface area contributed by atoms with E-state index in [1.807, 2.05) is 48.5 Å². The molecule has 1 aliphatic rings. The van der Waals surface area contributed by atoms with Crippen LogP contribution < -0.4 is 21.5 Å². The van der Waals surface area contributed by atoms with Crippen LogP contribution in [0.3, 0.4) is 0 Å². The zero-order chi connectivity index (χ0) is 32.2. The number of rotatable bonds is 16. The summed E-state index contributed by atoms with van der Waals surface area (Å²) in [6.07, 6.45) is 2.41. The van der Waals surface area contributed by atoms with Gasteiger partial charge in [-0.05, 0) is 52.8 Å². The molecule has 0 aromatic heterocycles. The molecule has 0 heterocycles. The highest BCUT2D eigenvalue weighted by Crippen LogP contribution is 2.44. The Kier molecular flexibility index (Phi) is 11.7. The van der Waals surface area contributed by atoms with Crippen LogP contribution in [-0.2, 0) is 30.3 Å². The lowest BCUT2D eigenvalue weighted by Crippen LogP contribution is -2.46. The number of hydrogen-bond donors (Lipinski definition) is 3. The Labute approximate surface area is 263 Å². The Morgan fingerprint density at radius 3 is 2.22 bits per heavy atom. The number of benzene rings is 3. The number of nitrogens with zero attached hydrogens (tertiary/aromatic N) is 1. The van der Waals surface area contributed by atoms with Crippen molar-refractivity contribution in [2.45, 2.75) is 37.6 Å². The van der Waals surface area contributed by atoms with Crippen LogP contribution in [0.15, 0.2) is 90.4 Å². The van der Waals surface area contributed by atoms with Crippen molar-refractivity contribution >= 4 is 23.8 Å². The van der Waals surface area contributed by atoms with Gasteiger partial charge in [-0.25, -0.2) is 4.79 Å². The molecular formula is C35H40N4O6. The number of aliphatic imine (C=N–C) groups is 1. The van der Waals surface area contributed by atoms with Crippen LogP contribution in [0, 0.1) is 5.92 Å². The third-order valence-electron chi connectivity index (χ3n) is 7.70. The van der Waals surface area contributed by atoms with E-state index >= 15 is 0 Å². The van der Waals surface area contributed by atoms with Crippen molar-refractivity contribution in [1.82, 2.24) is 5.32 Å². The predicted octanol–water partition coefficient (Wildman–Crippen LogP) is 3.87. The topological polar surface area (TPSA) is 155 Å². The molecule has 0 unspecified atom stereocenters. The number of methoxy groups -OCH3 is 1. The van der Waals surface area contributed by atoms with E-state index in [9.17, 15) is 14.4 Å². The summed E-state index contributed by atoms with van der Waals surface area (Å²) < 4.78 is 16.3. The first-order valence-corrected chi connectivity index (χ1v) is 14.9. The van der Waals surface area contributed by atoms with E-state index in [0.29, 0.717) is 25.2 Å². The maximum absolute atomic E-state index is 13.5. The van der Waals surface area contributed by atoms with Crippen LogP contribution in [0.1, 0.15) is 41.9 Å². The fourth-order valence-electron chi connectivity index (χ4n) is 5.49. The molecule has 5 N–H and O–H groups in total. The number of carbonyl (C=O) groups is 3. The van der Waals surface area contributed by atoms with E-state index in [1.165, 1.54) is 7.11 Å². The summed E-state index contributed by atoms with van der Waals surface area (Å²) in [5.74, 6) is -1.86. The lowest BCUT2D eigenvalue weighted by molar-refractivity contribution is -0.148. The van der Waals surface area contributed by atoms with Gasteiger partial charge in [-0.15, -0.1) is 0 Å². The molecule has 1 amide bonds. The fourth-order valence-corrected chi connectivity index (χ4v) is 5.49. The second-order valence-electron chi connectivity index (χ2n) is 10.8. The largest absolute Gasteiger partial charge is 0.490 e. The first-order chi connectivity index (χ1) is 21.8. The molecule has 4 rings (SSSR count). The standard InChI is InChI=1S/C35H40N4O6/c1-3-19-44-25-16-14-23(15-17-25)20-31(34(42)43-2)39-33(41)24(9-8-18-38-35(36)37)21-32(40)45-22-30-28-12-6-4-10-26(28)27-11-5-7-13-29(27)30/h3-7,10-17,24,30-31H,1,8-9,18-22H2,2H3,(H,39,41)(H4,36,37,38)/t24-,31-/m0/s1. The Balaban J connectivity index is 1.43. The molecule has 0 fully saturated rings.